The largest absolute Gasteiger partial charge is 0.460 e. The molecule has 0 nitrogen and oxygen atoms in total. The first-order valence-corrected chi connectivity index (χ1v) is 8.97. The lowest BCUT2D eigenvalue weighted by molar-refractivity contribution is -0.330. The Bertz CT molecular complexity index is 815. The second-order valence-electron chi connectivity index (χ2n) is 5.49. The van der Waals surface area contributed by atoms with Crippen molar-refractivity contribution in [3.63, 3.8) is 0 Å². The average Bonchev–Trinajstić information content (AvgIpc) is 2.46. The molecule has 0 N–H and O–H groups in total. The molecule has 1 radical (unpaired) electrons. The third-order valence-corrected chi connectivity index (χ3v) is 5.45. The van der Waals surface area contributed by atoms with E-state index in [1.165, 1.54) is 13.8 Å². The van der Waals surface area contributed by atoms with Crippen molar-refractivity contribution in [2.75, 3.05) is 0 Å². The van der Waals surface area contributed by atoms with Crippen LogP contribution in [0.25, 0.3) is 11.1 Å². The van der Waals surface area contributed by atoms with Crippen LogP contribution in [0.3, 0.4) is 0 Å². The fraction of sp³-hybridized carbons (Fsp3) is 0.294. The normalized spacial score (nSPS) is 13.2. The zero-order valence-electron chi connectivity index (χ0n) is 13.3. The van der Waals surface area contributed by atoms with E-state index >= 15 is 0 Å². The maximum absolute atomic E-state index is 13.9. The van der Waals surface area contributed by atoms with E-state index in [0.29, 0.717) is 20.3 Å². The molecule has 0 amide bonds. The van der Waals surface area contributed by atoms with Crippen LogP contribution < -0.4 is 0 Å². The number of aryl methyl sites for hydroxylation is 2. The number of benzene rings is 2. The lowest BCUT2D eigenvalue weighted by Crippen LogP contribution is -2.49. The third-order valence-electron chi connectivity index (χ3n) is 3.46. The molecule has 0 aliphatic heterocycles. The van der Waals surface area contributed by atoms with Gasteiger partial charge in [0.1, 0.15) is 0 Å². The number of alkyl halides is 7. The summed E-state index contributed by atoms with van der Waals surface area (Å²) >= 11 is 1.14. The maximum Gasteiger partial charge on any atom is 0.460 e. The number of hydrogen-bond donors (Lipinski definition) is 0. The fourth-order valence-corrected chi connectivity index (χ4v) is 4.07. The first-order valence-electron chi connectivity index (χ1n) is 7.07. The molecule has 0 aliphatic rings. The van der Waals surface area contributed by atoms with Gasteiger partial charge in [-0.2, -0.15) is 30.7 Å². The number of rotatable bonds is 4. The molecular weight excluding hydrogens is 496 g/mol. The van der Waals surface area contributed by atoms with Gasteiger partial charge in [-0.1, -0.05) is 18.2 Å². The van der Waals surface area contributed by atoms with E-state index in [-0.39, 0.29) is 10.5 Å². The predicted octanol–water partition coefficient (Wildman–Crippen LogP) is 7.26. The molecule has 0 saturated heterocycles. The molecule has 0 bridgehead atoms. The van der Waals surface area contributed by atoms with Crippen LogP contribution in [0.1, 0.15) is 11.1 Å². The minimum atomic E-state index is -6.37. The molecule has 0 spiro atoms. The van der Waals surface area contributed by atoms with Crippen molar-refractivity contribution in [2.45, 2.75) is 36.1 Å². The zero-order chi connectivity index (χ0) is 19.9. The lowest BCUT2D eigenvalue weighted by Gasteiger charge is -2.28. The highest BCUT2D eigenvalue weighted by molar-refractivity contribution is 14.1. The van der Waals surface area contributed by atoms with Gasteiger partial charge in [-0.15, -0.1) is 0 Å². The van der Waals surface area contributed by atoms with Crippen LogP contribution >= 0.6 is 34.4 Å². The van der Waals surface area contributed by atoms with Gasteiger partial charge >= 0.3 is 17.4 Å². The van der Waals surface area contributed by atoms with Gasteiger partial charge in [-0.05, 0) is 83.1 Å². The van der Waals surface area contributed by atoms with Crippen LogP contribution in [0, 0.1) is 23.5 Å². The Labute approximate surface area is 163 Å². The average molecular weight is 507 g/mol. The minimum absolute atomic E-state index is 0.156. The summed E-state index contributed by atoms with van der Waals surface area (Å²) in [4.78, 5) is -0.364. The number of hydrogen-bond acceptors (Lipinski definition) is 1. The van der Waals surface area contributed by atoms with Crippen molar-refractivity contribution in [3.05, 3.63) is 51.1 Å². The van der Waals surface area contributed by atoms with Crippen molar-refractivity contribution in [2.24, 2.45) is 0 Å². The Kier molecular flexibility index (Phi) is 5.92. The summed E-state index contributed by atoms with van der Waals surface area (Å²) < 4.78 is 92.4. The predicted molar refractivity (Wildman–Crippen MR) is 94.7 cm³/mol. The van der Waals surface area contributed by atoms with Gasteiger partial charge < -0.3 is 0 Å². The van der Waals surface area contributed by atoms with Crippen molar-refractivity contribution in [3.8, 4) is 11.1 Å². The Morgan fingerprint density at radius 3 is 2.08 bits per heavy atom. The highest BCUT2D eigenvalue weighted by Crippen LogP contribution is 2.55. The smallest absolute Gasteiger partial charge is 0.188 e. The molecule has 141 valence electrons. The van der Waals surface area contributed by atoms with E-state index in [2.05, 4.69) is 6.07 Å². The topological polar surface area (TPSA) is 0 Å². The fourth-order valence-electron chi connectivity index (χ4n) is 2.29. The highest BCUT2D eigenvalue weighted by Gasteiger charge is 2.73. The van der Waals surface area contributed by atoms with Crippen molar-refractivity contribution >= 4 is 34.4 Å². The van der Waals surface area contributed by atoms with Crippen LogP contribution in [0.2, 0.25) is 0 Å². The first kappa shape index (κ1) is 21.3. The van der Waals surface area contributed by atoms with Gasteiger partial charge in [-0.3, -0.25) is 0 Å². The quantitative estimate of drug-likeness (QED) is 0.239. The Balaban J connectivity index is 2.63. The van der Waals surface area contributed by atoms with Crippen molar-refractivity contribution in [1.82, 2.24) is 0 Å². The van der Waals surface area contributed by atoms with Gasteiger partial charge in [0.25, 0.3) is 0 Å². The molecular formula is C17H11F7IS. The molecule has 0 heterocycles. The van der Waals surface area contributed by atoms with Gasteiger partial charge in [0.05, 0.1) is 0 Å². The first-order chi connectivity index (χ1) is 11.8. The second kappa shape index (κ2) is 7.21. The molecule has 2 aromatic carbocycles. The van der Waals surface area contributed by atoms with Gasteiger partial charge in [0, 0.05) is 14.0 Å². The summed E-state index contributed by atoms with van der Waals surface area (Å²) in [6, 6.07) is 10.6. The molecule has 0 unspecified atom stereocenters. The Morgan fingerprint density at radius 2 is 1.54 bits per heavy atom. The van der Waals surface area contributed by atoms with Gasteiger partial charge in [-0.25, -0.2) is 0 Å². The maximum atomic E-state index is 13.9. The van der Waals surface area contributed by atoms with Crippen LogP contribution in [0.5, 0.6) is 0 Å². The number of thioether (sulfide) groups is 1. The third kappa shape index (κ3) is 3.97. The van der Waals surface area contributed by atoms with E-state index in [0.717, 1.165) is 6.07 Å². The second-order valence-corrected chi connectivity index (χ2v) is 7.81. The SMILES string of the molecule is Cc1[c]c(C)c(-c2ccccc2I)c(SC(F)(F)C(F)(F)C(F)(F)F)c1. The Hall–Kier alpha value is -0.970. The number of halogens is 8. The molecule has 0 aliphatic carbocycles. The molecule has 0 atom stereocenters. The van der Waals surface area contributed by atoms with Crippen LogP contribution in [-0.2, 0) is 0 Å². The van der Waals surface area contributed by atoms with E-state index in [1.807, 2.05) is 22.6 Å². The van der Waals surface area contributed by atoms with Crippen molar-refractivity contribution < 1.29 is 30.7 Å². The summed E-state index contributed by atoms with van der Waals surface area (Å²) in [5, 5.41) is -5.37. The summed E-state index contributed by atoms with van der Waals surface area (Å²) in [5.74, 6) is -6.17. The van der Waals surface area contributed by atoms with Crippen LogP contribution in [0.15, 0.2) is 35.2 Å². The van der Waals surface area contributed by atoms with Crippen molar-refractivity contribution in [1.29, 1.82) is 0 Å². The van der Waals surface area contributed by atoms with E-state index in [4.69, 9.17) is 0 Å². The van der Waals surface area contributed by atoms with E-state index in [9.17, 15) is 30.7 Å². The summed E-state index contributed by atoms with van der Waals surface area (Å²) in [7, 11) is 0. The molecule has 2 aromatic rings. The highest BCUT2D eigenvalue weighted by atomic mass is 127. The summed E-state index contributed by atoms with van der Waals surface area (Å²) in [5.41, 5.74) is 1.34. The molecule has 2 rings (SSSR count). The monoisotopic (exact) mass is 507 g/mol. The standard InChI is InChI=1S/C17H11F7IS/c1-9-7-10(2)14(11-5-3-4-6-12(11)25)13(8-9)26-17(23,24)15(18,19)16(20,21)22/h3-6,8H,1-2H3. The summed E-state index contributed by atoms with van der Waals surface area (Å²) in [6.45, 7) is 3.03. The molecule has 0 saturated carbocycles. The Morgan fingerprint density at radius 1 is 0.962 bits per heavy atom. The molecule has 0 fully saturated rings. The van der Waals surface area contributed by atoms with E-state index < -0.39 is 29.1 Å². The van der Waals surface area contributed by atoms with E-state index in [1.54, 1.807) is 24.3 Å². The summed E-state index contributed by atoms with van der Waals surface area (Å²) in [6.07, 6.45) is -6.37. The van der Waals surface area contributed by atoms with Gasteiger partial charge in [0.15, 0.2) is 0 Å². The lowest BCUT2D eigenvalue weighted by atomic mass is 9.99. The molecule has 9 heteroatoms. The zero-order valence-corrected chi connectivity index (χ0v) is 16.3. The van der Waals surface area contributed by atoms with Gasteiger partial charge in [0.2, 0.25) is 0 Å². The van der Waals surface area contributed by atoms with Crippen LogP contribution in [0.4, 0.5) is 30.7 Å². The van der Waals surface area contributed by atoms with Crippen LogP contribution in [-0.4, -0.2) is 17.4 Å². The minimum Gasteiger partial charge on any atom is -0.188 e. The molecule has 0 aromatic heterocycles. The molecule has 26 heavy (non-hydrogen) atoms.